The van der Waals surface area contributed by atoms with Crippen LogP contribution in [0.15, 0.2) is 54.7 Å². The first-order valence-corrected chi connectivity index (χ1v) is 9.65. The summed E-state index contributed by atoms with van der Waals surface area (Å²) in [6.45, 7) is 3.64. The average molecular weight is 376 g/mol. The molecule has 0 radical (unpaired) electrons. The number of nitrogens with one attached hydrogen (secondary N) is 1. The van der Waals surface area contributed by atoms with Crippen molar-refractivity contribution < 1.29 is 9.53 Å². The Kier molecular flexibility index (Phi) is 5.37. The zero-order chi connectivity index (χ0) is 19.3. The third kappa shape index (κ3) is 4.22. The van der Waals surface area contributed by atoms with Crippen LogP contribution in [-0.4, -0.2) is 40.1 Å². The summed E-state index contributed by atoms with van der Waals surface area (Å²) in [4.78, 5) is 22.9. The predicted molar refractivity (Wildman–Crippen MR) is 108 cm³/mol. The highest BCUT2D eigenvalue weighted by Gasteiger charge is 2.25. The van der Waals surface area contributed by atoms with Crippen molar-refractivity contribution in [2.24, 2.45) is 0 Å². The Hall–Kier alpha value is -3.15. The molecule has 6 heteroatoms. The second-order valence-electron chi connectivity index (χ2n) is 7.07. The third-order valence-corrected chi connectivity index (χ3v) is 5.01. The van der Waals surface area contributed by atoms with E-state index in [1.54, 1.807) is 12.3 Å². The van der Waals surface area contributed by atoms with Crippen molar-refractivity contribution in [2.75, 3.05) is 13.1 Å². The lowest BCUT2D eigenvalue weighted by Crippen LogP contribution is -2.48. The smallest absolute Gasteiger partial charge is 0.317 e. The molecule has 1 N–H and O–H groups in total. The highest BCUT2D eigenvalue weighted by Crippen LogP contribution is 2.19. The van der Waals surface area contributed by atoms with Crippen molar-refractivity contribution in [2.45, 2.75) is 32.4 Å². The highest BCUT2D eigenvalue weighted by molar-refractivity contribution is 5.86. The van der Waals surface area contributed by atoms with E-state index in [2.05, 4.69) is 39.6 Å². The molecule has 1 aliphatic rings. The van der Waals surface area contributed by atoms with Crippen molar-refractivity contribution >= 4 is 16.8 Å². The molecule has 1 saturated heterocycles. The predicted octanol–water partition coefficient (Wildman–Crippen LogP) is 3.69. The van der Waals surface area contributed by atoms with Crippen LogP contribution >= 0.6 is 0 Å². The topological polar surface area (TPSA) is 67.3 Å². The largest absolute Gasteiger partial charge is 0.472 e. The number of hydrogen-bond acceptors (Lipinski definition) is 4. The minimum absolute atomic E-state index is 0.0497. The van der Waals surface area contributed by atoms with E-state index in [1.807, 2.05) is 30.0 Å². The molecule has 28 heavy (non-hydrogen) atoms. The van der Waals surface area contributed by atoms with Gasteiger partial charge < -0.3 is 15.0 Å². The molecule has 2 aromatic carbocycles. The molecule has 0 spiro atoms. The molecule has 0 bridgehead atoms. The lowest BCUT2D eigenvalue weighted by Gasteiger charge is -2.32. The maximum absolute atomic E-state index is 12.7. The van der Waals surface area contributed by atoms with Gasteiger partial charge in [0.15, 0.2) is 0 Å². The van der Waals surface area contributed by atoms with Crippen LogP contribution in [0.1, 0.15) is 24.2 Å². The van der Waals surface area contributed by atoms with Gasteiger partial charge in [0, 0.05) is 25.4 Å². The van der Waals surface area contributed by atoms with Gasteiger partial charge in [0.25, 0.3) is 0 Å². The fraction of sp³-hybridized carbons (Fsp3) is 0.318. The molecular weight excluding hydrogens is 352 g/mol. The summed E-state index contributed by atoms with van der Waals surface area (Å²) >= 11 is 0. The quantitative estimate of drug-likeness (QED) is 0.754. The lowest BCUT2D eigenvalue weighted by atomic mass is 10.0. The number of aryl methyl sites for hydroxylation is 1. The van der Waals surface area contributed by atoms with Gasteiger partial charge in [-0.1, -0.05) is 42.5 Å². The van der Waals surface area contributed by atoms with Crippen LogP contribution in [0.4, 0.5) is 4.79 Å². The number of ether oxygens (including phenoxy) is 1. The van der Waals surface area contributed by atoms with Crippen LogP contribution in [0.2, 0.25) is 0 Å². The van der Waals surface area contributed by atoms with E-state index in [0.717, 1.165) is 24.9 Å². The van der Waals surface area contributed by atoms with Crippen LogP contribution in [0, 0.1) is 6.92 Å². The molecule has 144 valence electrons. The van der Waals surface area contributed by atoms with Crippen molar-refractivity contribution in [1.29, 1.82) is 0 Å². The first kappa shape index (κ1) is 18.2. The fourth-order valence-electron chi connectivity index (χ4n) is 3.62. The number of likely N-dealkylation sites (tertiary alicyclic amines) is 1. The van der Waals surface area contributed by atoms with Crippen molar-refractivity contribution in [3.63, 3.8) is 0 Å². The summed E-state index contributed by atoms with van der Waals surface area (Å²) in [6.07, 6.45) is 3.47. The van der Waals surface area contributed by atoms with E-state index in [1.165, 1.54) is 10.8 Å². The van der Waals surface area contributed by atoms with Crippen LogP contribution in [0.3, 0.4) is 0 Å². The van der Waals surface area contributed by atoms with Crippen LogP contribution < -0.4 is 10.1 Å². The van der Waals surface area contributed by atoms with Crippen molar-refractivity contribution in [1.82, 2.24) is 20.2 Å². The van der Waals surface area contributed by atoms with Crippen LogP contribution in [-0.2, 0) is 6.54 Å². The zero-order valence-corrected chi connectivity index (χ0v) is 16.0. The first-order valence-electron chi connectivity index (χ1n) is 9.65. The molecule has 1 unspecified atom stereocenters. The number of aromatic nitrogens is 2. The average Bonchev–Trinajstić information content (AvgIpc) is 2.72. The number of hydrogen-bond donors (Lipinski definition) is 1. The van der Waals surface area contributed by atoms with E-state index >= 15 is 0 Å². The van der Waals surface area contributed by atoms with E-state index < -0.39 is 0 Å². The van der Waals surface area contributed by atoms with Gasteiger partial charge in [-0.15, -0.1) is 0 Å². The summed E-state index contributed by atoms with van der Waals surface area (Å²) in [5.41, 5.74) is 1.12. The minimum atomic E-state index is -0.0555. The summed E-state index contributed by atoms with van der Waals surface area (Å²) in [5, 5.41) is 5.41. The summed E-state index contributed by atoms with van der Waals surface area (Å²) < 4.78 is 5.96. The highest BCUT2D eigenvalue weighted by atomic mass is 16.5. The number of nitrogens with zero attached hydrogens (tertiary/aromatic N) is 3. The number of carbonyl (C=O) groups excluding carboxylic acids is 1. The Balaban J connectivity index is 1.36. The Morgan fingerprint density at radius 3 is 2.96 bits per heavy atom. The SMILES string of the molecule is Cc1nccc(OC2CCCN(C(=O)NCc3cccc4ccccc34)C2)n1. The standard InChI is InChI=1S/C22H24N4O2/c1-16-23-12-11-21(25-16)28-19-9-5-13-26(15-19)22(27)24-14-18-8-4-7-17-6-2-3-10-20(17)18/h2-4,6-8,10-12,19H,5,9,13-15H2,1H3,(H,24,27). The van der Waals surface area contributed by atoms with Crippen LogP contribution in [0.5, 0.6) is 5.88 Å². The number of urea groups is 1. The Bertz CT molecular complexity index is 970. The van der Waals surface area contributed by atoms with Gasteiger partial charge in [0.05, 0.1) is 6.54 Å². The summed E-state index contributed by atoms with van der Waals surface area (Å²) in [6, 6.07) is 16.1. The third-order valence-electron chi connectivity index (χ3n) is 5.01. The number of carbonyl (C=O) groups is 1. The second-order valence-corrected chi connectivity index (χ2v) is 7.07. The van der Waals surface area contributed by atoms with E-state index in [0.29, 0.717) is 24.8 Å². The van der Waals surface area contributed by atoms with Gasteiger partial charge in [-0.3, -0.25) is 0 Å². The maximum atomic E-state index is 12.7. The molecule has 1 aromatic heterocycles. The molecule has 0 aliphatic carbocycles. The second kappa shape index (κ2) is 8.25. The lowest BCUT2D eigenvalue weighted by molar-refractivity contribution is 0.0974. The number of rotatable bonds is 4. The van der Waals surface area contributed by atoms with Gasteiger partial charge in [0.1, 0.15) is 11.9 Å². The number of amides is 2. The summed E-state index contributed by atoms with van der Waals surface area (Å²) in [5.74, 6) is 1.24. The zero-order valence-electron chi connectivity index (χ0n) is 16.0. The molecule has 1 atom stereocenters. The van der Waals surface area contributed by atoms with Gasteiger partial charge >= 0.3 is 6.03 Å². The van der Waals surface area contributed by atoms with Gasteiger partial charge in [-0.05, 0) is 36.1 Å². The molecule has 6 nitrogen and oxygen atoms in total. The maximum Gasteiger partial charge on any atom is 0.317 e. The first-order chi connectivity index (χ1) is 13.7. The minimum Gasteiger partial charge on any atom is -0.472 e. The molecule has 4 rings (SSSR count). The molecule has 2 heterocycles. The van der Waals surface area contributed by atoms with Gasteiger partial charge in [-0.2, -0.15) is 4.98 Å². The number of benzene rings is 2. The van der Waals surface area contributed by atoms with E-state index in [-0.39, 0.29) is 12.1 Å². The summed E-state index contributed by atoms with van der Waals surface area (Å²) in [7, 11) is 0. The Morgan fingerprint density at radius 1 is 1.21 bits per heavy atom. The van der Waals surface area contributed by atoms with Crippen LogP contribution in [0.25, 0.3) is 10.8 Å². The van der Waals surface area contributed by atoms with E-state index in [9.17, 15) is 4.79 Å². The van der Waals surface area contributed by atoms with Crippen molar-refractivity contribution in [3.05, 3.63) is 66.1 Å². The molecular formula is C22H24N4O2. The van der Waals surface area contributed by atoms with E-state index in [4.69, 9.17) is 4.74 Å². The molecule has 1 aliphatic heterocycles. The number of piperidine rings is 1. The van der Waals surface area contributed by atoms with Gasteiger partial charge in [0.2, 0.25) is 5.88 Å². The molecule has 0 saturated carbocycles. The fourth-order valence-corrected chi connectivity index (χ4v) is 3.62. The number of fused-ring (bicyclic) bond motifs is 1. The van der Waals surface area contributed by atoms with Crippen molar-refractivity contribution in [3.8, 4) is 5.88 Å². The molecule has 1 fully saturated rings. The Labute approximate surface area is 164 Å². The van der Waals surface area contributed by atoms with Gasteiger partial charge in [-0.25, -0.2) is 9.78 Å². The normalized spacial score (nSPS) is 16.8. The Morgan fingerprint density at radius 2 is 2.07 bits per heavy atom. The monoisotopic (exact) mass is 376 g/mol. The molecule has 2 amide bonds. The molecule has 3 aromatic rings.